The monoisotopic (exact) mass is 497 g/mol. The number of nitrogens with one attached hydrogen (secondary N) is 1. The van der Waals surface area contributed by atoms with Gasteiger partial charge in [0, 0.05) is 26.9 Å². The van der Waals surface area contributed by atoms with Crippen LogP contribution in [0, 0.1) is 5.92 Å². The summed E-state index contributed by atoms with van der Waals surface area (Å²) in [5.74, 6) is 0.384. The van der Waals surface area contributed by atoms with Crippen molar-refractivity contribution in [1.29, 1.82) is 0 Å². The van der Waals surface area contributed by atoms with Crippen LogP contribution in [0.25, 0.3) is 33.4 Å². The third kappa shape index (κ3) is 5.11. The molecule has 0 aliphatic heterocycles. The third-order valence-electron chi connectivity index (χ3n) is 5.73. The second-order valence-electron chi connectivity index (χ2n) is 8.84. The number of anilines is 1. The third-order valence-corrected chi connectivity index (χ3v) is 6.82. The molecule has 2 aromatic heterocycles. The number of halogens is 1. The van der Waals surface area contributed by atoms with Gasteiger partial charge in [-0.1, -0.05) is 86.1 Å². The molecule has 2 heterocycles. The van der Waals surface area contributed by atoms with E-state index in [9.17, 15) is 4.79 Å². The molecule has 0 spiro atoms. The van der Waals surface area contributed by atoms with Crippen LogP contribution in [-0.2, 0) is 6.42 Å². The quantitative estimate of drug-likeness (QED) is 0.257. The molecule has 0 aliphatic rings. The fourth-order valence-corrected chi connectivity index (χ4v) is 5.03. The molecule has 0 unspecified atom stereocenters. The Morgan fingerprint density at radius 1 is 0.943 bits per heavy atom. The van der Waals surface area contributed by atoms with Crippen LogP contribution in [0.4, 0.5) is 5.13 Å². The Labute approximate surface area is 213 Å². The van der Waals surface area contributed by atoms with Gasteiger partial charge in [-0.15, -0.1) is 11.3 Å². The molecule has 0 atom stereocenters. The van der Waals surface area contributed by atoms with Crippen LogP contribution in [0.2, 0.25) is 5.02 Å². The Hall–Kier alpha value is -3.54. The van der Waals surface area contributed by atoms with E-state index in [2.05, 4.69) is 48.4 Å². The van der Waals surface area contributed by atoms with E-state index >= 15 is 0 Å². The summed E-state index contributed by atoms with van der Waals surface area (Å²) in [6.07, 6.45) is 1.05. The first-order chi connectivity index (χ1) is 17.0. The molecular weight excluding hydrogens is 474 g/mol. The summed E-state index contributed by atoms with van der Waals surface area (Å²) in [6.45, 7) is 4.43. The number of fused-ring (bicyclic) bond motifs is 1. The van der Waals surface area contributed by atoms with Crippen molar-refractivity contribution in [2.24, 2.45) is 5.92 Å². The minimum absolute atomic E-state index is 0.231. The highest BCUT2D eigenvalue weighted by Crippen LogP contribution is 2.31. The van der Waals surface area contributed by atoms with Crippen molar-refractivity contribution in [2.45, 2.75) is 20.3 Å². The molecule has 1 amide bonds. The Morgan fingerprint density at radius 2 is 1.69 bits per heavy atom. The highest BCUT2D eigenvalue weighted by atomic mass is 35.5. The topological polar surface area (TPSA) is 54.9 Å². The maximum absolute atomic E-state index is 13.4. The van der Waals surface area contributed by atoms with Crippen LogP contribution < -0.4 is 5.32 Å². The summed E-state index contributed by atoms with van der Waals surface area (Å²) in [6, 6.07) is 25.4. The van der Waals surface area contributed by atoms with Gasteiger partial charge in [-0.25, -0.2) is 9.97 Å². The number of amides is 1. The lowest BCUT2D eigenvalue weighted by Gasteiger charge is -2.10. The van der Waals surface area contributed by atoms with Crippen LogP contribution in [0.3, 0.4) is 0 Å². The number of thiazole rings is 1. The molecule has 5 aromatic rings. The van der Waals surface area contributed by atoms with E-state index in [1.807, 2.05) is 53.9 Å². The standard InChI is InChI=1S/C29H24ClN3OS/c1-18(2)15-19-11-13-20(14-12-19)27-17-35-29(32-27)33-28(34)23-16-26(22-8-3-5-9-24(22)30)31-25-10-6-4-7-21(23)25/h3-14,16-18H,15H2,1-2H3,(H,32,33,34). The lowest BCUT2D eigenvalue weighted by atomic mass is 10.0. The molecule has 5 rings (SSSR count). The summed E-state index contributed by atoms with van der Waals surface area (Å²) in [7, 11) is 0. The predicted molar refractivity (Wildman–Crippen MR) is 146 cm³/mol. The zero-order valence-electron chi connectivity index (χ0n) is 19.5. The van der Waals surface area contributed by atoms with Crippen LogP contribution in [-0.4, -0.2) is 15.9 Å². The minimum Gasteiger partial charge on any atom is -0.298 e. The van der Waals surface area contributed by atoms with Crippen LogP contribution >= 0.6 is 22.9 Å². The van der Waals surface area contributed by atoms with Crippen LogP contribution in [0.1, 0.15) is 29.8 Å². The molecule has 35 heavy (non-hydrogen) atoms. The second-order valence-corrected chi connectivity index (χ2v) is 10.1. The first-order valence-corrected chi connectivity index (χ1v) is 12.7. The van der Waals surface area contributed by atoms with Crippen molar-refractivity contribution in [3.63, 3.8) is 0 Å². The number of aromatic nitrogens is 2. The van der Waals surface area contributed by atoms with Crippen molar-refractivity contribution < 1.29 is 4.79 Å². The van der Waals surface area contributed by atoms with E-state index in [0.29, 0.717) is 27.3 Å². The van der Waals surface area contributed by atoms with E-state index in [1.54, 1.807) is 6.07 Å². The fourth-order valence-electron chi connectivity index (χ4n) is 4.08. The summed E-state index contributed by atoms with van der Waals surface area (Å²) < 4.78 is 0. The molecule has 0 fully saturated rings. The van der Waals surface area contributed by atoms with Crippen molar-refractivity contribution in [2.75, 3.05) is 5.32 Å². The van der Waals surface area contributed by atoms with Gasteiger partial charge in [0.05, 0.1) is 22.5 Å². The Bertz CT molecular complexity index is 1510. The van der Waals surface area contributed by atoms with Gasteiger partial charge >= 0.3 is 0 Å². The molecule has 0 radical (unpaired) electrons. The summed E-state index contributed by atoms with van der Waals surface area (Å²) in [5.41, 5.74) is 5.89. The molecule has 3 aromatic carbocycles. The molecule has 0 saturated carbocycles. The molecule has 174 valence electrons. The normalized spacial score (nSPS) is 11.2. The number of pyridine rings is 1. The van der Waals surface area contributed by atoms with Crippen molar-refractivity contribution >= 4 is 44.9 Å². The van der Waals surface area contributed by atoms with Gasteiger partial charge in [0.1, 0.15) is 0 Å². The average Bonchev–Trinajstić information content (AvgIpc) is 3.32. The summed E-state index contributed by atoms with van der Waals surface area (Å²) in [4.78, 5) is 22.8. The number of benzene rings is 3. The predicted octanol–water partition coefficient (Wildman–Crippen LogP) is 8.13. The molecule has 1 N–H and O–H groups in total. The average molecular weight is 498 g/mol. The number of hydrogen-bond acceptors (Lipinski definition) is 4. The smallest absolute Gasteiger partial charge is 0.258 e. The first kappa shape index (κ1) is 23.2. The maximum atomic E-state index is 13.4. The molecule has 4 nitrogen and oxygen atoms in total. The number of carbonyl (C=O) groups is 1. The maximum Gasteiger partial charge on any atom is 0.258 e. The molecule has 0 saturated heterocycles. The summed E-state index contributed by atoms with van der Waals surface area (Å²) in [5, 5.41) is 6.86. The minimum atomic E-state index is -0.231. The highest BCUT2D eigenvalue weighted by molar-refractivity contribution is 7.14. The SMILES string of the molecule is CC(C)Cc1ccc(-c2csc(NC(=O)c3cc(-c4ccccc4Cl)nc4ccccc34)n2)cc1. The first-order valence-electron chi connectivity index (χ1n) is 11.5. The number of nitrogens with zero attached hydrogens (tertiary/aromatic N) is 2. The largest absolute Gasteiger partial charge is 0.298 e. The number of hydrogen-bond donors (Lipinski definition) is 1. The van der Waals surface area contributed by atoms with E-state index in [0.717, 1.165) is 34.1 Å². The molecule has 6 heteroatoms. The highest BCUT2D eigenvalue weighted by Gasteiger charge is 2.17. The molecular formula is C29H24ClN3OS. The fraction of sp³-hybridized carbons (Fsp3) is 0.138. The lowest BCUT2D eigenvalue weighted by Crippen LogP contribution is -2.13. The van der Waals surface area contributed by atoms with Crippen LogP contribution in [0.15, 0.2) is 84.2 Å². The van der Waals surface area contributed by atoms with Gasteiger partial charge in [-0.3, -0.25) is 10.1 Å². The molecule has 0 bridgehead atoms. The van der Waals surface area contributed by atoms with Gasteiger partial charge in [0.15, 0.2) is 5.13 Å². The van der Waals surface area contributed by atoms with Gasteiger partial charge in [0.25, 0.3) is 5.91 Å². The van der Waals surface area contributed by atoms with E-state index < -0.39 is 0 Å². The van der Waals surface area contributed by atoms with Gasteiger partial charge < -0.3 is 0 Å². The number of carbonyl (C=O) groups excluding carboxylic acids is 1. The summed E-state index contributed by atoms with van der Waals surface area (Å²) >= 11 is 7.83. The number of rotatable bonds is 6. The lowest BCUT2D eigenvalue weighted by molar-refractivity contribution is 0.102. The van der Waals surface area contributed by atoms with Crippen LogP contribution in [0.5, 0.6) is 0 Å². The van der Waals surface area contributed by atoms with Crippen molar-refractivity contribution in [1.82, 2.24) is 9.97 Å². The van der Waals surface area contributed by atoms with Gasteiger partial charge in [-0.05, 0) is 36.1 Å². The number of para-hydroxylation sites is 1. The zero-order valence-corrected chi connectivity index (χ0v) is 21.0. The zero-order chi connectivity index (χ0) is 24.4. The van der Waals surface area contributed by atoms with Gasteiger partial charge in [-0.2, -0.15) is 0 Å². The Kier molecular flexibility index (Phi) is 6.62. The Balaban J connectivity index is 1.43. The van der Waals surface area contributed by atoms with Crippen molar-refractivity contribution in [3.8, 4) is 22.5 Å². The van der Waals surface area contributed by atoms with E-state index in [-0.39, 0.29) is 5.91 Å². The molecule has 0 aliphatic carbocycles. The van der Waals surface area contributed by atoms with E-state index in [1.165, 1.54) is 16.9 Å². The van der Waals surface area contributed by atoms with Crippen molar-refractivity contribution in [3.05, 3.63) is 100 Å². The Morgan fingerprint density at radius 3 is 2.46 bits per heavy atom. The second kappa shape index (κ2) is 9.98. The van der Waals surface area contributed by atoms with Gasteiger partial charge in [0.2, 0.25) is 0 Å². The van der Waals surface area contributed by atoms with E-state index in [4.69, 9.17) is 16.6 Å².